The highest BCUT2D eigenvalue weighted by Gasteiger charge is 2.24. The number of nitrogens with one attached hydrogen (secondary N) is 1. The monoisotopic (exact) mass is 285 g/mol. The molecule has 0 saturated carbocycles. The predicted octanol–water partition coefficient (Wildman–Crippen LogP) is 4.41. The summed E-state index contributed by atoms with van der Waals surface area (Å²) in [5.74, 6) is -0.778. The van der Waals surface area contributed by atoms with E-state index in [2.05, 4.69) is 56.4 Å². The minimum Gasteiger partial charge on any atom is -0.481 e. The Hall–Kier alpha value is -2.03. The number of rotatable bonds is 6. The minimum absolute atomic E-state index is 0.0341. The molecule has 0 unspecified atom stereocenters. The van der Waals surface area contributed by atoms with E-state index in [0.717, 1.165) is 12.1 Å². The molecule has 0 fully saturated rings. The standard InChI is InChI=1S/C18H23NO2/c1-4-18(2,3)17-14-8-6-5-7-13(14)9-10-15(17)19-12-11-16(20)21/h5-10,19H,4,11-12H2,1-3H3,(H,20,21). The number of carbonyl (C=O) groups is 1. The van der Waals surface area contributed by atoms with Gasteiger partial charge in [0.05, 0.1) is 6.42 Å². The van der Waals surface area contributed by atoms with Gasteiger partial charge in [-0.15, -0.1) is 0 Å². The van der Waals surface area contributed by atoms with Crippen LogP contribution in [0.2, 0.25) is 0 Å². The molecule has 3 nitrogen and oxygen atoms in total. The van der Waals surface area contributed by atoms with E-state index in [0.29, 0.717) is 6.54 Å². The quantitative estimate of drug-likeness (QED) is 0.826. The highest BCUT2D eigenvalue weighted by Crippen LogP contribution is 2.38. The van der Waals surface area contributed by atoms with Crippen LogP contribution in [-0.2, 0) is 10.2 Å². The van der Waals surface area contributed by atoms with Crippen molar-refractivity contribution in [1.82, 2.24) is 0 Å². The summed E-state index contributed by atoms with van der Waals surface area (Å²) in [6.07, 6.45) is 1.15. The van der Waals surface area contributed by atoms with Crippen LogP contribution in [0.3, 0.4) is 0 Å². The molecule has 0 amide bonds. The van der Waals surface area contributed by atoms with Crippen molar-refractivity contribution in [2.24, 2.45) is 0 Å². The first-order valence-corrected chi connectivity index (χ1v) is 7.43. The maximum Gasteiger partial charge on any atom is 0.305 e. The van der Waals surface area contributed by atoms with Gasteiger partial charge >= 0.3 is 5.97 Å². The molecular weight excluding hydrogens is 262 g/mol. The number of carboxylic acids is 1. The molecule has 2 aromatic carbocycles. The second-order valence-electron chi connectivity index (χ2n) is 6.02. The van der Waals surface area contributed by atoms with Gasteiger partial charge in [0.15, 0.2) is 0 Å². The lowest BCUT2D eigenvalue weighted by Gasteiger charge is -2.28. The number of anilines is 1. The molecule has 0 aromatic heterocycles. The Morgan fingerprint density at radius 2 is 1.90 bits per heavy atom. The number of hydrogen-bond acceptors (Lipinski definition) is 2. The second kappa shape index (κ2) is 6.17. The van der Waals surface area contributed by atoms with Gasteiger partial charge in [-0.1, -0.05) is 51.1 Å². The maximum atomic E-state index is 10.7. The van der Waals surface area contributed by atoms with E-state index in [9.17, 15) is 4.79 Å². The van der Waals surface area contributed by atoms with Crippen molar-refractivity contribution in [2.75, 3.05) is 11.9 Å². The Labute approximate surface area is 126 Å². The summed E-state index contributed by atoms with van der Waals surface area (Å²) in [4.78, 5) is 10.7. The lowest BCUT2D eigenvalue weighted by molar-refractivity contribution is -0.136. The van der Waals surface area contributed by atoms with Crippen LogP contribution in [0.15, 0.2) is 36.4 Å². The Kier molecular flexibility index (Phi) is 4.51. The van der Waals surface area contributed by atoms with E-state index in [1.54, 1.807) is 0 Å². The fourth-order valence-corrected chi connectivity index (χ4v) is 2.63. The zero-order valence-corrected chi connectivity index (χ0v) is 12.9. The van der Waals surface area contributed by atoms with Crippen LogP contribution in [0, 0.1) is 0 Å². The van der Waals surface area contributed by atoms with Crippen molar-refractivity contribution >= 4 is 22.4 Å². The third kappa shape index (κ3) is 3.35. The number of carboxylic acid groups (broad SMARTS) is 1. The van der Waals surface area contributed by atoms with Gasteiger partial charge in [0.2, 0.25) is 0 Å². The highest BCUT2D eigenvalue weighted by molar-refractivity contribution is 5.91. The molecule has 0 aliphatic heterocycles. The summed E-state index contributed by atoms with van der Waals surface area (Å²) in [6.45, 7) is 7.09. The lowest BCUT2D eigenvalue weighted by Crippen LogP contribution is -2.19. The molecule has 0 spiro atoms. The molecule has 0 aliphatic rings. The molecule has 0 aliphatic carbocycles. The molecule has 0 saturated heterocycles. The Bertz CT molecular complexity index is 647. The maximum absolute atomic E-state index is 10.7. The summed E-state index contributed by atoms with van der Waals surface area (Å²) in [7, 11) is 0. The zero-order chi connectivity index (χ0) is 15.5. The molecule has 21 heavy (non-hydrogen) atoms. The molecule has 0 heterocycles. The van der Waals surface area contributed by atoms with Crippen LogP contribution in [0.4, 0.5) is 5.69 Å². The average molecular weight is 285 g/mol. The van der Waals surface area contributed by atoms with Crippen molar-refractivity contribution in [3.63, 3.8) is 0 Å². The Balaban J connectivity index is 2.49. The molecule has 3 heteroatoms. The first-order chi connectivity index (χ1) is 9.95. The van der Waals surface area contributed by atoms with Crippen molar-refractivity contribution < 1.29 is 9.90 Å². The van der Waals surface area contributed by atoms with E-state index >= 15 is 0 Å². The lowest BCUT2D eigenvalue weighted by atomic mass is 9.78. The van der Waals surface area contributed by atoms with Crippen molar-refractivity contribution in [3.05, 3.63) is 42.0 Å². The van der Waals surface area contributed by atoms with Gasteiger partial charge < -0.3 is 10.4 Å². The van der Waals surface area contributed by atoms with E-state index in [4.69, 9.17) is 5.11 Å². The first-order valence-electron chi connectivity index (χ1n) is 7.43. The van der Waals surface area contributed by atoms with Gasteiger partial charge in [0, 0.05) is 12.2 Å². The highest BCUT2D eigenvalue weighted by atomic mass is 16.4. The van der Waals surface area contributed by atoms with E-state index in [-0.39, 0.29) is 11.8 Å². The van der Waals surface area contributed by atoms with Crippen molar-refractivity contribution in [2.45, 2.75) is 39.0 Å². The van der Waals surface area contributed by atoms with E-state index < -0.39 is 5.97 Å². The third-order valence-electron chi connectivity index (χ3n) is 4.14. The molecule has 0 atom stereocenters. The summed E-state index contributed by atoms with van der Waals surface area (Å²) < 4.78 is 0. The zero-order valence-electron chi connectivity index (χ0n) is 12.9. The Morgan fingerprint density at radius 3 is 2.57 bits per heavy atom. The Morgan fingerprint density at radius 1 is 1.19 bits per heavy atom. The van der Waals surface area contributed by atoms with E-state index in [1.807, 2.05) is 6.07 Å². The number of hydrogen-bond donors (Lipinski definition) is 2. The second-order valence-corrected chi connectivity index (χ2v) is 6.02. The molecule has 2 aromatic rings. The molecule has 2 rings (SSSR count). The van der Waals surface area contributed by atoms with Crippen LogP contribution in [0.1, 0.15) is 39.2 Å². The number of aliphatic carboxylic acids is 1. The molecule has 0 bridgehead atoms. The van der Waals surface area contributed by atoms with Crippen molar-refractivity contribution in [3.8, 4) is 0 Å². The summed E-state index contributed by atoms with van der Waals surface area (Å²) in [5, 5.41) is 14.6. The van der Waals surface area contributed by atoms with Crippen LogP contribution < -0.4 is 5.32 Å². The average Bonchev–Trinajstić information content (AvgIpc) is 2.46. The first kappa shape index (κ1) is 15.4. The summed E-state index contributed by atoms with van der Waals surface area (Å²) in [6, 6.07) is 12.5. The fourth-order valence-electron chi connectivity index (χ4n) is 2.63. The fraction of sp³-hybridized carbons (Fsp3) is 0.389. The molecule has 2 N–H and O–H groups in total. The van der Waals surface area contributed by atoms with E-state index in [1.165, 1.54) is 16.3 Å². The minimum atomic E-state index is -0.778. The van der Waals surface area contributed by atoms with Crippen LogP contribution >= 0.6 is 0 Å². The van der Waals surface area contributed by atoms with Gasteiger partial charge in [-0.05, 0) is 34.2 Å². The molecular formula is C18H23NO2. The van der Waals surface area contributed by atoms with Crippen LogP contribution in [0.5, 0.6) is 0 Å². The van der Waals surface area contributed by atoms with Crippen molar-refractivity contribution in [1.29, 1.82) is 0 Å². The van der Waals surface area contributed by atoms with Gasteiger partial charge in [-0.25, -0.2) is 0 Å². The normalized spacial score (nSPS) is 11.6. The molecule has 112 valence electrons. The number of fused-ring (bicyclic) bond motifs is 1. The van der Waals surface area contributed by atoms with Gasteiger partial charge in [0.25, 0.3) is 0 Å². The SMILES string of the molecule is CCC(C)(C)c1c(NCCC(=O)O)ccc2ccccc12. The van der Waals surface area contributed by atoms with Crippen LogP contribution in [0.25, 0.3) is 10.8 Å². The molecule has 0 radical (unpaired) electrons. The topological polar surface area (TPSA) is 49.3 Å². The number of benzene rings is 2. The van der Waals surface area contributed by atoms with Gasteiger partial charge in [-0.2, -0.15) is 0 Å². The third-order valence-corrected chi connectivity index (χ3v) is 4.14. The van der Waals surface area contributed by atoms with Gasteiger partial charge in [0.1, 0.15) is 0 Å². The van der Waals surface area contributed by atoms with Gasteiger partial charge in [-0.3, -0.25) is 4.79 Å². The van der Waals surface area contributed by atoms with Crippen LogP contribution in [-0.4, -0.2) is 17.6 Å². The largest absolute Gasteiger partial charge is 0.481 e. The summed E-state index contributed by atoms with van der Waals surface area (Å²) in [5.41, 5.74) is 2.35. The smallest absolute Gasteiger partial charge is 0.305 e. The predicted molar refractivity (Wildman–Crippen MR) is 88.0 cm³/mol. The summed E-state index contributed by atoms with van der Waals surface area (Å²) >= 11 is 0.